The summed E-state index contributed by atoms with van der Waals surface area (Å²) >= 11 is 2.64. The number of carbonyl (C=O) groups excluding carboxylic acids is 2. The first kappa shape index (κ1) is 61.6. The molecule has 432 valence electrons. The fourth-order valence-corrected chi connectivity index (χ4v) is 12.7. The number of aromatic nitrogens is 2. The van der Waals surface area contributed by atoms with Crippen molar-refractivity contribution >= 4 is 76.2 Å². The highest BCUT2D eigenvalue weighted by Crippen LogP contribution is 2.35. The van der Waals surface area contributed by atoms with Gasteiger partial charge < -0.3 is 30.1 Å². The maximum atomic E-state index is 13.2. The topological polar surface area (TPSA) is 228 Å². The molecule has 2 fully saturated rings. The Labute approximate surface area is 479 Å². The van der Waals surface area contributed by atoms with E-state index < -0.39 is 20.0 Å². The van der Waals surface area contributed by atoms with E-state index in [-0.39, 0.29) is 34.8 Å². The van der Waals surface area contributed by atoms with Crippen LogP contribution in [0.1, 0.15) is 63.5 Å². The molecule has 2 aliphatic rings. The number of thiazole rings is 2. The molecule has 2 aromatic heterocycles. The number of nitrogens with zero attached hydrogens (tertiary/aromatic N) is 6. The number of piperazine rings is 2. The molecular formula is C57H76N10O9S4. The van der Waals surface area contributed by atoms with Crippen LogP contribution in [-0.4, -0.2) is 163 Å². The molecule has 0 unspecified atom stereocenters. The third-order valence-electron chi connectivity index (χ3n) is 13.8. The number of benzene rings is 4. The van der Waals surface area contributed by atoms with Gasteiger partial charge in [0.1, 0.15) is 11.5 Å². The summed E-state index contributed by atoms with van der Waals surface area (Å²) in [5.74, 6) is 0.548. The highest BCUT2D eigenvalue weighted by atomic mass is 32.2. The van der Waals surface area contributed by atoms with Gasteiger partial charge >= 0.3 is 0 Å². The second-order valence-electron chi connectivity index (χ2n) is 19.8. The van der Waals surface area contributed by atoms with E-state index >= 15 is 0 Å². The van der Waals surface area contributed by atoms with Gasteiger partial charge in [0.15, 0.2) is 10.3 Å². The second-order valence-corrected chi connectivity index (χ2v) is 24.9. The van der Waals surface area contributed by atoms with Gasteiger partial charge in [-0.1, -0.05) is 63.8 Å². The second kappa shape index (κ2) is 30.2. The fraction of sp³-hybridized carbons (Fsp3) is 0.439. The Kier molecular flexibility index (Phi) is 23.2. The van der Waals surface area contributed by atoms with Crippen molar-refractivity contribution in [1.29, 1.82) is 0 Å². The molecule has 2 aliphatic heterocycles. The summed E-state index contributed by atoms with van der Waals surface area (Å²) in [6.07, 6.45) is 8.61. The van der Waals surface area contributed by atoms with Crippen LogP contribution in [0.3, 0.4) is 0 Å². The van der Waals surface area contributed by atoms with Gasteiger partial charge in [-0.2, -0.15) is 0 Å². The lowest BCUT2D eigenvalue weighted by molar-refractivity contribution is -0.118. The summed E-state index contributed by atoms with van der Waals surface area (Å²) in [7, 11) is -2.61. The molecule has 0 aliphatic carbocycles. The third kappa shape index (κ3) is 18.2. The number of aliphatic hydroxyl groups excluding tert-OH is 1. The molecule has 8 rings (SSSR count). The van der Waals surface area contributed by atoms with Crippen molar-refractivity contribution in [1.82, 2.24) is 29.6 Å². The Morgan fingerprint density at radius 1 is 0.575 bits per heavy atom. The normalized spacial score (nSPS) is 14.7. The van der Waals surface area contributed by atoms with Crippen molar-refractivity contribution in [3.8, 4) is 34.0 Å². The number of aryl methyl sites for hydroxylation is 2. The van der Waals surface area contributed by atoms with E-state index in [1.165, 1.54) is 36.9 Å². The fourth-order valence-electron chi connectivity index (χ4n) is 9.10. The maximum absolute atomic E-state index is 13.2. The van der Waals surface area contributed by atoms with Crippen LogP contribution < -0.4 is 29.6 Å². The molecule has 19 nitrogen and oxygen atoms in total. The van der Waals surface area contributed by atoms with E-state index in [1.54, 1.807) is 54.6 Å². The van der Waals surface area contributed by atoms with Gasteiger partial charge in [0, 0.05) is 80.8 Å². The predicted molar refractivity (Wildman–Crippen MR) is 320 cm³/mol. The minimum absolute atomic E-state index is 0.0972. The van der Waals surface area contributed by atoms with Gasteiger partial charge in [0.2, 0.25) is 11.8 Å². The molecule has 80 heavy (non-hydrogen) atoms. The number of nitrogens with one attached hydrogen (secondary N) is 4. The number of unbranched alkanes of at least 4 members (excludes halogenated alkanes) is 4. The van der Waals surface area contributed by atoms with Crippen molar-refractivity contribution in [2.45, 2.75) is 75.0 Å². The maximum Gasteiger partial charge on any atom is 0.262 e. The van der Waals surface area contributed by atoms with E-state index in [2.05, 4.69) is 70.5 Å². The van der Waals surface area contributed by atoms with Crippen LogP contribution in [0.4, 0.5) is 21.6 Å². The highest BCUT2D eigenvalue weighted by Gasteiger charge is 2.23. The first-order valence-corrected chi connectivity index (χ1v) is 31.9. The number of hydrogen-bond donors (Lipinski definition) is 5. The minimum atomic E-state index is -3.84. The highest BCUT2D eigenvalue weighted by molar-refractivity contribution is 7.93. The number of likely N-dealkylation sites (N-methyl/N-ethyl adjacent to an activating group) is 1. The van der Waals surface area contributed by atoms with Gasteiger partial charge in [0.05, 0.1) is 66.5 Å². The molecule has 0 bridgehead atoms. The van der Waals surface area contributed by atoms with Crippen LogP contribution in [0.5, 0.6) is 11.5 Å². The van der Waals surface area contributed by atoms with E-state index in [9.17, 15) is 26.4 Å². The minimum Gasteiger partial charge on any atom is -0.495 e. The molecule has 4 heterocycles. The summed E-state index contributed by atoms with van der Waals surface area (Å²) in [6.45, 7) is 12.5. The first-order chi connectivity index (χ1) is 38.6. The Balaban J connectivity index is 0.000000231. The quantitative estimate of drug-likeness (QED) is 0.0321. The zero-order chi connectivity index (χ0) is 57.1. The van der Waals surface area contributed by atoms with Gasteiger partial charge in [-0.15, -0.1) is 22.7 Å². The number of anilines is 4. The monoisotopic (exact) mass is 1170 g/mol. The summed E-state index contributed by atoms with van der Waals surface area (Å²) in [5, 5.41) is 19.5. The van der Waals surface area contributed by atoms with Crippen LogP contribution in [0.25, 0.3) is 22.5 Å². The molecular weight excluding hydrogens is 1100 g/mol. The van der Waals surface area contributed by atoms with Crippen LogP contribution in [0.2, 0.25) is 0 Å². The van der Waals surface area contributed by atoms with E-state index in [4.69, 9.17) is 14.6 Å². The molecule has 0 spiro atoms. The van der Waals surface area contributed by atoms with E-state index in [1.807, 2.05) is 41.1 Å². The molecule has 6 aromatic rings. The van der Waals surface area contributed by atoms with Crippen molar-refractivity contribution in [2.75, 3.05) is 120 Å². The Hall–Kier alpha value is -6.02. The lowest BCUT2D eigenvalue weighted by Gasteiger charge is -2.33. The summed E-state index contributed by atoms with van der Waals surface area (Å²) in [4.78, 5) is 43.3. The van der Waals surface area contributed by atoms with Crippen LogP contribution >= 0.6 is 22.7 Å². The average molecular weight is 1170 g/mol. The number of aliphatic hydroxyl groups is 1. The predicted octanol–water partition coefficient (Wildman–Crippen LogP) is 8.44. The number of rotatable bonds is 26. The lowest BCUT2D eigenvalue weighted by atomic mass is 10.1. The summed E-state index contributed by atoms with van der Waals surface area (Å²) < 4.78 is 68.9. The molecule has 2 amide bonds. The molecule has 23 heteroatoms. The SMILES string of the molecule is CCCCCc1ccc(S(=O)(=O)Nc2cc(-c3csc(NC(=O)CN4CCN(C)CC4)n3)ccc2OC)cc1.CCCCCc1ccc(S(=O)(=O)Nc2cc(-c3csc(NC(=O)CN4CCN(CCO)CC4)n3)ccc2OC)cc1. The number of methoxy groups -OCH3 is 2. The molecule has 0 saturated carbocycles. The molecule has 0 radical (unpaired) electrons. The number of sulfonamides is 2. The van der Waals surface area contributed by atoms with Gasteiger partial charge in [0.25, 0.3) is 20.0 Å². The van der Waals surface area contributed by atoms with Gasteiger partial charge in [-0.05, 0) is 105 Å². The number of hydrogen-bond acceptors (Lipinski definition) is 17. The van der Waals surface area contributed by atoms with E-state index in [0.717, 1.165) is 115 Å². The van der Waals surface area contributed by atoms with Gasteiger partial charge in [-0.3, -0.25) is 33.7 Å². The number of β-amino-alcohol motifs (C(OH)–C–C–N with tert-alkyl or cyclic N) is 1. The standard InChI is InChI=1S/C29H39N5O5S2.C28H37N5O4S2/c1-3-4-5-6-22-7-10-24(11-8-22)41(37,38)32-25-19-23(9-12-27(25)39-2)26-21-40-29(30-26)31-28(36)20-34-15-13-33(14-16-34)17-18-35;1-4-5-6-7-21-8-11-23(12-9-21)39(35,36)31-24-18-22(10-13-26(24)37-3)25-20-38-28(29-25)30-27(34)19-33-16-14-32(2)15-17-33/h7-12,19,21,32,35H,3-6,13-18,20H2,1-2H3,(H,30,31,36);8-13,18,20,31H,4-7,14-17,19H2,1-3H3,(H,29,30,34). The Bertz CT molecular complexity index is 3160. The van der Waals surface area contributed by atoms with Crippen LogP contribution in [-0.2, 0) is 42.5 Å². The molecule has 5 N–H and O–H groups in total. The van der Waals surface area contributed by atoms with Crippen LogP contribution in [0, 0.1) is 0 Å². The Morgan fingerprint density at radius 2 is 0.975 bits per heavy atom. The van der Waals surface area contributed by atoms with Gasteiger partial charge in [-0.25, -0.2) is 26.8 Å². The van der Waals surface area contributed by atoms with Crippen molar-refractivity contribution < 1.29 is 41.0 Å². The molecule has 2 saturated heterocycles. The van der Waals surface area contributed by atoms with Crippen LogP contribution in [0.15, 0.2) is 105 Å². The van der Waals surface area contributed by atoms with E-state index in [0.29, 0.717) is 68.7 Å². The average Bonchev–Trinajstić information content (AvgIpc) is 4.13. The third-order valence-corrected chi connectivity index (χ3v) is 18.1. The Morgan fingerprint density at radius 3 is 1.36 bits per heavy atom. The first-order valence-electron chi connectivity index (χ1n) is 27.2. The number of amides is 2. The van der Waals surface area contributed by atoms with Crippen molar-refractivity contribution in [2.24, 2.45) is 0 Å². The number of ether oxygens (including phenoxy) is 2. The zero-order valence-electron chi connectivity index (χ0n) is 46.4. The summed E-state index contributed by atoms with van der Waals surface area (Å²) in [6, 6.07) is 24.4. The summed E-state index contributed by atoms with van der Waals surface area (Å²) in [5.41, 5.74) is 5.49. The number of carbonyl (C=O) groups is 2. The lowest BCUT2D eigenvalue weighted by Crippen LogP contribution is -2.49. The van der Waals surface area contributed by atoms with Crippen molar-refractivity contribution in [3.05, 3.63) is 107 Å². The zero-order valence-corrected chi connectivity index (χ0v) is 49.7. The molecule has 4 aromatic carbocycles. The largest absolute Gasteiger partial charge is 0.495 e. The smallest absolute Gasteiger partial charge is 0.262 e. The van der Waals surface area contributed by atoms with Crippen molar-refractivity contribution in [3.63, 3.8) is 0 Å². The molecule has 0 atom stereocenters.